The molecule has 0 saturated heterocycles. The zero-order valence-electron chi connectivity index (χ0n) is 14.7. The summed E-state index contributed by atoms with van der Waals surface area (Å²) in [4.78, 5) is 35.4. The number of hydrogen-bond donors (Lipinski definition) is 3. The topological polar surface area (TPSA) is 111 Å². The van der Waals surface area contributed by atoms with Crippen molar-refractivity contribution >= 4 is 35.2 Å². The minimum absolute atomic E-state index is 0.189. The number of anilines is 1. The first-order valence-corrected chi connectivity index (χ1v) is 8.55. The lowest BCUT2D eigenvalue weighted by atomic mass is 10.1. The Kier molecular flexibility index (Phi) is 7.19. The van der Waals surface area contributed by atoms with Crippen LogP contribution in [0, 0.1) is 6.92 Å². The molecule has 2 aromatic rings. The van der Waals surface area contributed by atoms with Crippen LogP contribution in [0.2, 0.25) is 5.02 Å². The number of primary amides is 1. The molecule has 0 radical (unpaired) electrons. The Morgan fingerprint density at radius 2 is 1.85 bits per heavy atom. The van der Waals surface area contributed by atoms with Crippen LogP contribution in [0.4, 0.5) is 10.5 Å². The summed E-state index contributed by atoms with van der Waals surface area (Å²) in [5.74, 6) is -1.31. The van der Waals surface area contributed by atoms with E-state index in [9.17, 15) is 14.4 Å². The van der Waals surface area contributed by atoms with Crippen LogP contribution >= 0.6 is 11.6 Å². The fourth-order valence-corrected chi connectivity index (χ4v) is 2.64. The number of nitrogens with one attached hydrogen (secondary N) is 2. The predicted molar refractivity (Wildman–Crippen MR) is 102 cm³/mol. The van der Waals surface area contributed by atoms with Gasteiger partial charge in [0.25, 0.3) is 5.91 Å². The van der Waals surface area contributed by atoms with Crippen molar-refractivity contribution in [3.8, 4) is 0 Å². The molecule has 0 fully saturated rings. The van der Waals surface area contributed by atoms with Gasteiger partial charge in [0.05, 0.1) is 10.7 Å². The minimum atomic E-state index is -0.999. The van der Waals surface area contributed by atoms with E-state index >= 15 is 0 Å². The van der Waals surface area contributed by atoms with E-state index in [1.807, 2.05) is 13.0 Å². The number of urea groups is 1. The average molecular weight is 390 g/mol. The molecule has 0 aliphatic heterocycles. The lowest BCUT2D eigenvalue weighted by molar-refractivity contribution is -0.149. The average Bonchev–Trinajstić information content (AvgIpc) is 2.62. The van der Waals surface area contributed by atoms with Gasteiger partial charge in [-0.1, -0.05) is 48.0 Å². The highest BCUT2D eigenvalue weighted by atomic mass is 35.5. The molecule has 7 nitrogen and oxygen atoms in total. The molecule has 0 saturated carbocycles. The predicted octanol–water partition coefficient (Wildman–Crippen LogP) is 2.41. The Morgan fingerprint density at radius 3 is 2.48 bits per heavy atom. The number of carbonyl (C=O) groups excluding carboxylic acids is 3. The van der Waals surface area contributed by atoms with Gasteiger partial charge in [0.2, 0.25) is 0 Å². The molecule has 0 aromatic heterocycles. The molecule has 27 heavy (non-hydrogen) atoms. The van der Waals surface area contributed by atoms with E-state index in [1.54, 1.807) is 42.5 Å². The van der Waals surface area contributed by atoms with E-state index < -0.39 is 30.6 Å². The summed E-state index contributed by atoms with van der Waals surface area (Å²) in [5, 5.41) is 5.27. The van der Waals surface area contributed by atoms with Gasteiger partial charge < -0.3 is 21.1 Å². The molecule has 3 amide bonds. The van der Waals surface area contributed by atoms with E-state index in [1.165, 1.54) is 0 Å². The lowest BCUT2D eigenvalue weighted by Crippen LogP contribution is -2.46. The standard InChI is InChI=1S/C19H20ClN3O4/c1-12-7-8-15(14(20)9-12)22-17(24)11-27-18(25)16(23-19(21)26)10-13-5-3-2-4-6-13/h2-9,16H,10-11H2,1H3,(H,22,24)(H3,21,23,26)/t16-/m0/s1. The van der Waals surface area contributed by atoms with Crippen molar-refractivity contribution in [3.63, 3.8) is 0 Å². The van der Waals surface area contributed by atoms with Gasteiger partial charge in [-0.3, -0.25) is 4.79 Å². The second-order valence-electron chi connectivity index (χ2n) is 5.89. The number of nitrogens with two attached hydrogens (primary N) is 1. The van der Waals surface area contributed by atoms with Crippen molar-refractivity contribution in [1.82, 2.24) is 5.32 Å². The Morgan fingerprint density at radius 1 is 1.15 bits per heavy atom. The monoisotopic (exact) mass is 389 g/mol. The Balaban J connectivity index is 1.93. The summed E-state index contributed by atoms with van der Waals surface area (Å²) in [7, 11) is 0. The largest absolute Gasteiger partial charge is 0.454 e. The summed E-state index contributed by atoms with van der Waals surface area (Å²) in [6, 6.07) is 12.3. The molecular formula is C19H20ClN3O4. The zero-order chi connectivity index (χ0) is 19.8. The molecular weight excluding hydrogens is 370 g/mol. The summed E-state index contributed by atoms with van der Waals surface area (Å²) in [6.07, 6.45) is 0.189. The second-order valence-corrected chi connectivity index (χ2v) is 6.30. The zero-order valence-corrected chi connectivity index (χ0v) is 15.5. The molecule has 142 valence electrons. The van der Waals surface area contributed by atoms with Crippen LogP contribution in [-0.2, 0) is 20.7 Å². The number of halogens is 1. The molecule has 8 heteroatoms. The molecule has 2 aromatic carbocycles. The highest BCUT2D eigenvalue weighted by molar-refractivity contribution is 6.33. The SMILES string of the molecule is Cc1ccc(NC(=O)COC(=O)[C@H](Cc2ccccc2)NC(N)=O)c(Cl)c1. The molecule has 1 atom stereocenters. The number of benzene rings is 2. The smallest absolute Gasteiger partial charge is 0.329 e. The first-order valence-electron chi connectivity index (χ1n) is 8.17. The first-order chi connectivity index (χ1) is 12.8. The van der Waals surface area contributed by atoms with Crippen molar-refractivity contribution < 1.29 is 19.1 Å². The van der Waals surface area contributed by atoms with Crippen molar-refractivity contribution in [2.75, 3.05) is 11.9 Å². The van der Waals surface area contributed by atoms with Crippen LogP contribution in [0.3, 0.4) is 0 Å². The molecule has 0 aliphatic carbocycles. The number of amides is 3. The number of carbonyl (C=O) groups is 3. The van der Waals surface area contributed by atoms with Gasteiger partial charge in [-0.05, 0) is 30.2 Å². The molecule has 0 aliphatic rings. The fraction of sp³-hybridized carbons (Fsp3) is 0.211. The third kappa shape index (κ3) is 6.63. The van der Waals surface area contributed by atoms with Crippen LogP contribution in [0.15, 0.2) is 48.5 Å². The minimum Gasteiger partial charge on any atom is -0.454 e. The molecule has 0 spiro atoms. The molecule has 0 heterocycles. The van der Waals surface area contributed by atoms with Crippen molar-refractivity contribution in [2.45, 2.75) is 19.4 Å². The Hall–Kier alpha value is -3.06. The van der Waals surface area contributed by atoms with Crippen LogP contribution in [0.5, 0.6) is 0 Å². The number of esters is 1. The van der Waals surface area contributed by atoms with E-state index in [0.717, 1.165) is 11.1 Å². The first kappa shape index (κ1) is 20.3. The quantitative estimate of drug-likeness (QED) is 0.631. The van der Waals surface area contributed by atoms with Crippen LogP contribution in [-0.4, -0.2) is 30.6 Å². The molecule has 4 N–H and O–H groups in total. The van der Waals surface area contributed by atoms with Gasteiger partial charge in [-0.25, -0.2) is 9.59 Å². The molecule has 2 rings (SSSR count). The van der Waals surface area contributed by atoms with Crippen molar-refractivity contribution in [3.05, 3.63) is 64.7 Å². The maximum atomic E-state index is 12.3. The van der Waals surface area contributed by atoms with Gasteiger partial charge >= 0.3 is 12.0 Å². The van der Waals surface area contributed by atoms with Gasteiger partial charge in [0.15, 0.2) is 6.61 Å². The maximum absolute atomic E-state index is 12.3. The Labute approximate surface area is 161 Å². The highest BCUT2D eigenvalue weighted by Crippen LogP contribution is 2.22. The van der Waals surface area contributed by atoms with E-state index in [0.29, 0.717) is 10.7 Å². The fourth-order valence-electron chi connectivity index (χ4n) is 2.36. The van der Waals surface area contributed by atoms with Gasteiger partial charge in [-0.15, -0.1) is 0 Å². The van der Waals surface area contributed by atoms with Gasteiger partial charge in [0.1, 0.15) is 6.04 Å². The third-order valence-electron chi connectivity index (χ3n) is 3.63. The lowest BCUT2D eigenvalue weighted by Gasteiger charge is -2.16. The summed E-state index contributed by atoms with van der Waals surface area (Å²) in [5.41, 5.74) is 7.30. The number of rotatable bonds is 7. The number of aryl methyl sites for hydroxylation is 1. The molecule has 0 bridgehead atoms. The third-order valence-corrected chi connectivity index (χ3v) is 3.94. The number of hydrogen-bond acceptors (Lipinski definition) is 4. The van der Waals surface area contributed by atoms with Gasteiger partial charge in [-0.2, -0.15) is 0 Å². The summed E-state index contributed by atoms with van der Waals surface area (Å²) < 4.78 is 5.01. The molecule has 0 unspecified atom stereocenters. The highest BCUT2D eigenvalue weighted by Gasteiger charge is 2.23. The van der Waals surface area contributed by atoms with Crippen LogP contribution < -0.4 is 16.4 Å². The van der Waals surface area contributed by atoms with E-state index in [-0.39, 0.29) is 6.42 Å². The Bertz CT molecular complexity index is 827. The maximum Gasteiger partial charge on any atom is 0.329 e. The van der Waals surface area contributed by atoms with E-state index in [4.69, 9.17) is 22.1 Å². The summed E-state index contributed by atoms with van der Waals surface area (Å²) in [6.45, 7) is 1.35. The second kappa shape index (κ2) is 9.59. The normalized spacial score (nSPS) is 11.3. The summed E-state index contributed by atoms with van der Waals surface area (Å²) >= 11 is 6.05. The van der Waals surface area contributed by atoms with Gasteiger partial charge in [0, 0.05) is 6.42 Å². The number of ether oxygens (including phenoxy) is 1. The van der Waals surface area contributed by atoms with Crippen molar-refractivity contribution in [2.24, 2.45) is 5.73 Å². The van der Waals surface area contributed by atoms with Crippen molar-refractivity contribution in [1.29, 1.82) is 0 Å². The van der Waals surface area contributed by atoms with E-state index in [2.05, 4.69) is 10.6 Å². The van der Waals surface area contributed by atoms with Crippen LogP contribution in [0.1, 0.15) is 11.1 Å². The van der Waals surface area contributed by atoms with Crippen LogP contribution in [0.25, 0.3) is 0 Å².